The van der Waals surface area contributed by atoms with Crippen molar-refractivity contribution in [3.05, 3.63) is 30.0 Å². The summed E-state index contributed by atoms with van der Waals surface area (Å²) in [6.45, 7) is 0. The third-order valence-electron chi connectivity index (χ3n) is 1.96. The molecular formula is C10H7N2O3-. The number of fused-ring (bicyclic) bond motifs is 1. The minimum Gasteiger partial charge on any atom is -0.545 e. The molecule has 2 aromatic rings. The zero-order chi connectivity index (χ0) is 10.8. The van der Waals surface area contributed by atoms with Crippen LogP contribution in [0.5, 0.6) is 5.88 Å². The van der Waals surface area contributed by atoms with Crippen LogP contribution in [0.3, 0.4) is 0 Å². The van der Waals surface area contributed by atoms with E-state index in [0.29, 0.717) is 16.9 Å². The number of aromatic carboxylic acids is 1. The number of rotatable bonds is 2. The molecule has 1 aromatic carbocycles. The van der Waals surface area contributed by atoms with E-state index in [-0.39, 0.29) is 5.56 Å². The summed E-state index contributed by atoms with van der Waals surface area (Å²) in [5.41, 5.74) is 1.15. The Balaban J connectivity index is 2.62. The average molecular weight is 203 g/mol. The molecule has 0 aliphatic rings. The molecule has 0 bridgehead atoms. The van der Waals surface area contributed by atoms with Gasteiger partial charge in [0.25, 0.3) is 0 Å². The van der Waals surface area contributed by atoms with Crippen molar-refractivity contribution >= 4 is 17.0 Å². The number of nitrogens with zero attached hydrogens (tertiary/aromatic N) is 2. The number of hydrogen-bond donors (Lipinski definition) is 0. The van der Waals surface area contributed by atoms with Crippen LogP contribution in [0.1, 0.15) is 10.4 Å². The van der Waals surface area contributed by atoms with Crippen molar-refractivity contribution in [2.75, 3.05) is 7.11 Å². The van der Waals surface area contributed by atoms with Crippen LogP contribution in [0, 0.1) is 0 Å². The molecule has 1 heterocycles. The Morgan fingerprint density at radius 3 is 2.87 bits per heavy atom. The van der Waals surface area contributed by atoms with Crippen LogP contribution in [0.15, 0.2) is 24.4 Å². The molecular weight excluding hydrogens is 196 g/mol. The van der Waals surface area contributed by atoms with E-state index < -0.39 is 5.97 Å². The molecule has 5 heteroatoms. The fourth-order valence-corrected chi connectivity index (χ4v) is 1.22. The molecule has 0 saturated carbocycles. The standard InChI is InChI=1S/C10H8N2O3/c1-15-9-5-11-7-3-2-6(10(13)14)4-8(7)12-9/h2-5H,1H3,(H,13,14)/p-1. The number of carbonyl (C=O) groups is 1. The average Bonchev–Trinajstić information content (AvgIpc) is 2.27. The first-order valence-corrected chi connectivity index (χ1v) is 4.23. The van der Waals surface area contributed by atoms with Gasteiger partial charge in [-0.3, -0.25) is 0 Å². The molecule has 1 aromatic heterocycles. The second-order valence-electron chi connectivity index (χ2n) is 2.90. The zero-order valence-electron chi connectivity index (χ0n) is 7.93. The van der Waals surface area contributed by atoms with Crippen LogP contribution in [-0.2, 0) is 0 Å². The molecule has 0 radical (unpaired) electrons. The largest absolute Gasteiger partial charge is 0.545 e. The monoisotopic (exact) mass is 203 g/mol. The zero-order valence-corrected chi connectivity index (χ0v) is 7.93. The first kappa shape index (κ1) is 9.39. The maximum atomic E-state index is 10.6. The Hall–Kier alpha value is -2.17. The highest BCUT2D eigenvalue weighted by atomic mass is 16.5. The van der Waals surface area contributed by atoms with Crippen LogP contribution >= 0.6 is 0 Å². The molecule has 0 atom stereocenters. The lowest BCUT2D eigenvalue weighted by Crippen LogP contribution is -2.22. The van der Waals surface area contributed by atoms with Gasteiger partial charge in [0.15, 0.2) is 0 Å². The number of carbonyl (C=O) groups excluding carboxylic acids is 1. The highest BCUT2D eigenvalue weighted by molar-refractivity contribution is 5.90. The van der Waals surface area contributed by atoms with Gasteiger partial charge >= 0.3 is 0 Å². The highest BCUT2D eigenvalue weighted by Gasteiger charge is 2.01. The van der Waals surface area contributed by atoms with Crippen molar-refractivity contribution in [2.24, 2.45) is 0 Å². The van der Waals surface area contributed by atoms with E-state index in [1.807, 2.05) is 0 Å². The highest BCUT2D eigenvalue weighted by Crippen LogP contribution is 2.14. The number of hydrogen-bond acceptors (Lipinski definition) is 5. The van der Waals surface area contributed by atoms with Gasteiger partial charge in [0.1, 0.15) is 0 Å². The Kier molecular flexibility index (Phi) is 2.21. The first-order chi connectivity index (χ1) is 7.20. The fraction of sp³-hybridized carbons (Fsp3) is 0.100. The van der Waals surface area contributed by atoms with Gasteiger partial charge in [0, 0.05) is 0 Å². The number of ether oxygens (including phenoxy) is 1. The Morgan fingerprint density at radius 2 is 2.20 bits per heavy atom. The summed E-state index contributed by atoms with van der Waals surface area (Å²) in [5.74, 6) is -0.889. The van der Waals surface area contributed by atoms with Crippen LogP contribution in [-0.4, -0.2) is 23.0 Å². The molecule has 76 valence electrons. The number of methoxy groups -OCH3 is 1. The third-order valence-corrected chi connectivity index (χ3v) is 1.96. The molecule has 0 spiro atoms. The van der Waals surface area contributed by atoms with E-state index in [0.717, 1.165) is 0 Å². The molecule has 0 fully saturated rings. The number of carboxylic acid groups (broad SMARTS) is 1. The molecule has 5 nitrogen and oxygen atoms in total. The summed E-state index contributed by atoms with van der Waals surface area (Å²) < 4.78 is 4.89. The summed E-state index contributed by atoms with van der Waals surface area (Å²) in [5, 5.41) is 10.6. The van der Waals surface area contributed by atoms with Gasteiger partial charge in [-0.15, -0.1) is 0 Å². The Morgan fingerprint density at radius 1 is 1.40 bits per heavy atom. The molecule has 0 aliphatic heterocycles. The number of carboxylic acids is 1. The topological polar surface area (TPSA) is 75.1 Å². The van der Waals surface area contributed by atoms with Crippen molar-refractivity contribution in [3.63, 3.8) is 0 Å². The van der Waals surface area contributed by atoms with Gasteiger partial charge in [-0.2, -0.15) is 0 Å². The minimum absolute atomic E-state index is 0.0741. The summed E-state index contributed by atoms with van der Waals surface area (Å²) in [4.78, 5) is 18.7. The van der Waals surface area contributed by atoms with E-state index in [1.165, 1.54) is 25.4 Å². The first-order valence-electron chi connectivity index (χ1n) is 4.23. The van der Waals surface area contributed by atoms with Gasteiger partial charge in [-0.1, -0.05) is 6.07 Å². The van der Waals surface area contributed by atoms with E-state index in [9.17, 15) is 9.90 Å². The quantitative estimate of drug-likeness (QED) is 0.686. The molecule has 0 N–H and O–H groups in total. The SMILES string of the molecule is COc1cnc2ccc(C(=O)[O-])cc2n1. The predicted octanol–water partition coefficient (Wildman–Crippen LogP) is 0.00190. The lowest BCUT2D eigenvalue weighted by molar-refractivity contribution is -0.255. The van der Waals surface area contributed by atoms with Gasteiger partial charge < -0.3 is 14.6 Å². The van der Waals surface area contributed by atoms with Crippen LogP contribution < -0.4 is 9.84 Å². The fourth-order valence-electron chi connectivity index (χ4n) is 1.22. The molecule has 0 unspecified atom stereocenters. The van der Waals surface area contributed by atoms with Crippen LogP contribution in [0.25, 0.3) is 11.0 Å². The second-order valence-corrected chi connectivity index (χ2v) is 2.90. The van der Waals surface area contributed by atoms with Crippen molar-refractivity contribution in [1.29, 1.82) is 0 Å². The van der Waals surface area contributed by atoms with E-state index in [2.05, 4.69) is 9.97 Å². The summed E-state index contributed by atoms with van der Waals surface area (Å²) in [6.07, 6.45) is 1.47. The van der Waals surface area contributed by atoms with E-state index in [4.69, 9.17) is 4.74 Å². The van der Waals surface area contributed by atoms with Crippen molar-refractivity contribution in [3.8, 4) is 5.88 Å². The maximum Gasteiger partial charge on any atom is 0.232 e. The Bertz CT molecular complexity index is 525. The van der Waals surface area contributed by atoms with E-state index in [1.54, 1.807) is 6.07 Å². The van der Waals surface area contributed by atoms with Gasteiger partial charge in [-0.25, -0.2) is 9.97 Å². The normalized spacial score (nSPS) is 10.2. The molecule has 0 saturated heterocycles. The van der Waals surface area contributed by atoms with Crippen molar-refractivity contribution in [1.82, 2.24) is 9.97 Å². The number of benzene rings is 1. The predicted molar refractivity (Wildman–Crippen MR) is 50.4 cm³/mol. The lowest BCUT2D eigenvalue weighted by atomic mass is 10.2. The van der Waals surface area contributed by atoms with Crippen molar-refractivity contribution < 1.29 is 14.6 Å². The minimum atomic E-state index is -1.23. The smallest absolute Gasteiger partial charge is 0.232 e. The maximum absolute atomic E-state index is 10.6. The molecule has 2 rings (SSSR count). The van der Waals surface area contributed by atoms with Gasteiger partial charge in [-0.05, 0) is 17.7 Å². The lowest BCUT2D eigenvalue weighted by Gasteiger charge is -2.04. The van der Waals surface area contributed by atoms with Crippen LogP contribution in [0.2, 0.25) is 0 Å². The molecule has 15 heavy (non-hydrogen) atoms. The van der Waals surface area contributed by atoms with Gasteiger partial charge in [0.2, 0.25) is 5.88 Å². The van der Waals surface area contributed by atoms with E-state index >= 15 is 0 Å². The number of aromatic nitrogens is 2. The summed E-state index contributed by atoms with van der Waals surface area (Å²) in [7, 11) is 1.47. The van der Waals surface area contributed by atoms with Crippen LogP contribution in [0.4, 0.5) is 0 Å². The van der Waals surface area contributed by atoms with Crippen molar-refractivity contribution in [2.45, 2.75) is 0 Å². The molecule has 0 amide bonds. The summed E-state index contributed by atoms with van der Waals surface area (Å²) in [6, 6.07) is 4.41. The Labute approximate surface area is 85.4 Å². The second kappa shape index (κ2) is 3.53. The molecule has 0 aliphatic carbocycles. The van der Waals surface area contributed by atoms with Gasteiger partial charge in [0.05, 0.1) is 30.3 Å². The third kappa shape index (κ3) is 1.71. The summed E-state index contributed by atoms with van der Waals surface area (Å²) >= 11 is 0.